The van der Waals surface area contributed by atoms with E-state index in [0.29, 0.717) is 33.5 Å². The number of fused-ring (bicyclic) bond motifs is 2. The van der Waals surface area contributed by atoms with Crippen LogP contribution in [0.4, 0.5) is 0 Å². The molecule has 5 aliphatic rings. The molecule has 0 aromatic carbocycles. The Kier molecular flexibility index (Phi) is 5.93. The second-order valence-electron chi connectivity index (χ2n) is 14.6. The predicted octanol–water partition coefficient (Wildman–Crippen LogP) is 8.60. The van der Waals surface area contributed by atoms with Gasteiger partial charge in [0, 0.05) is 6.92 Å². The highest BCUT2D eigenvalue weighted by atomic mass is 16.5. The third-order valence-electron chi connectivity index (χ3n) is 13.4. The van der Waals surface area contributed by atoms with Gasteiger partial charge in [-0.3, -0.25) is 4.79 Å². The van der Waals surface area contributed by atoms with Gasteiger partial charge in [-0.15, -0.1) is 0 Å². The first-order chi connectivity index (χ1) is 15.9. The van der Waals surface area contributed by atoms with Gasteiger partial charge in [0.1, 0.15) is 6.10 Å². The summed E-state index contributed by atoms with van der Waals surface area (Å²) in [6, 6.07) is 0. The van der Waals surface area contributed by atoms with Crippen molar-refractivity contribution < 1.29 is 9.53 Å². The molecule has 0 aliphatic heterocycles. The van der Waals surface area contributed by atoms with Crippen molar-refractivity contribution in [1.29, 1.82) is 0 Å². The highest BCUT2D eigenvalue weighted by Gasteiger charge is 2.81. The van der Waals surface area contributed by atoms with E-state index in [9.17, 15) is 4.79 Å². The first kappa shape index (κ1) is 24.9. The minimum absolute atomic E-state index is 0.0870. The van der Waals surface area contributed by atoms with Crippen molar-refractivity contribution in [3.8, 4) is 0 Å². The molecule has 0 bridgehead atoms. The molecule has 0 heterocycles. The maximum Gasteiger partial charge on any atom is 0.302 e. The molecule has 5 rings (SSSR count). The number of carbonyl (C=O) groups excluding carboxylic acids is 1. The normalized spacial score (nSPS) is 49.9. The zero-order chi connectivity index (χ0) is 24.7. The molecule has 0 saturated heterocycles. The molecule has 192 valence electrons. The molecule has 5 fully saturated rings. The second-order valence-corrected chi connectivity index (χ2v) is 14.6. The number of hydrogen-bond acceptors (Lipinski definition) is 2. The van der Waals surface area contributed by atoms with Crippen molar-refractivity contribution in [3.63, 3.8) is 0 Å². The van der Waals surface area contributed by atoms with Crippen molar-refractivity contribution >= 4 is 5.97 Å². The zero-order valence-corrected chi connectivity index (χ0v) is 23.3. The number of ether oxygens (including phenoxy) is 1. The van der Waals surface area contributed by atoms with Gasteiger partial charge >= 0.3 is 5.97 Å². The summed E-state index contributed by atoms with van der Waals surface area (Å²) in [5.41, 5.74) is 3.61. The van der Waals surface area contributed by atoms with Crippen molar-refractivity contribution in [2.75, 3.05) is 0 Å². The monoisotopic (exact) mass is 468 g/mol. The first-order valence-corrected chi connectivity index (χ1v) is 14.8. The highest BCUT2D eigenvalue weighted by Crippen LogP contribution is 2.88. The van der Waals surface area contributed by atoms with E-state index in [2.05, 4.69) is 48.1 Å². The van der Waals surface area contributed by atoms with Gasteiger partial charge in [0.2, 0.25) is 0 Å². The molecule has 5 aliphatic carbocycles. The fraction of sp³-hybridized carbons (Fsp3) is 0.906. The maximum atomic E-state index is 11.7. The van der Waals surface area contributed by atoms with E-state index in [0.717, 1.165) is 30.1 Å². The summed E-state index contributed by atoms with van der Waals surface area (Å²) in [6.45, 7) is 21.0. The zero-order valence-electron chi connectivity index (χ0n) is 23.3. The summed E-state index contributed by atoms with van der Waals surface area (Å²) in [4.78, 5) is 11.7. The van der Waals surface area contributed by atoms with Crippen LogP contribution < -0.4 is 0 Å². The van der Waals surface area contributed by atoms with Crippen LogP contribution >= 0.6 is 0 Å². The fourth-order valence-corrected chi connectivity index (χ4v) is 11.2. The lowest BCUT2D eigenvalue weighted by atomic mass is 9.43. The van der Waals surface area contributed by atoms with Crippen LogP contribution in [0.1, 0.15) is 119 Å². The van der Waals surface area contributed by atoms with Gasteiger partial charge in [0.15, 0.2) is 0 Å². The van der Waals surface area contributed by atoms with Crippen LogP contribution in [-0.2, 0) is 9.53 Å². The molecule has 34 heavy (non-hydrogen) atoms. The van der Waals surface area contributed by atoms with Crippen LogP contribution in [0.3, 0.4) is 0 Å². The minimum atomic E-state index is -0.0870. The number of rotatable bonds is 6. The summed E-state index contributed by atoms with van der Waals surface area (Å²) in [5, 5.41) is 0. The third-order valence-corrected chi connectivity index (χ3v) is 13.4. The van der Waals surface area contributed by atoms with E-state index < -0.39 is 0 Å². The Bertz CT molecular complexity index is 844. The molecular formula is C32H52O2. The molecule has 10 atom stereocenters. The van der Waals surface area contributed by atoms with Gasteiger partial charge in [0.25, 0.3) is 0 Å². The van der Waals surface area contributed by atoms with Gasteiger partial charge in [0.05, 0.1) is 0 Å². The Morgan fingerprint density at radius 1 is 0.971 bits per heavy atom. The third kappa shape index (κ3) is 3.21. The molecule has 0 aromatic heterocycles. The lowest BCUT2D eigenvalue weighted by Gasteiger charge is -2.62. The molecule has 2 spiro atoms. The van der Waals surface area contributed by atoms with Gasteiger partial charge in [-0.25, -0.2) is 0 Å². The molecule has 0 N–H and O–H groups in total. The molecule has 0 aromatic rings. The molecule has 2 heteroatoms. The first-order valence-electron chi connectivity index (χ1n) is 14.8. The highest BCUT2D eigenvalue weighted by molar-refractivity contribution is 5.66. The quantitative estimate of drug-likeness (QED) is 0.288. The Morgan fingerprint density at radius 2 is 1.71 bits per heavy atom. The lowest BCUT2D eigenvalue weighted by molar-refractivity contribution is -0.165. The van der Waals surface area contributed by atoms with E-state index in [4.69, 9.17) is 4.74 Å². The average Bonchev–Trinajstić information content (AvgIpc) is 3.36. The Hall–Kier alpha value is -0.790. The Morgan fingerprint density at radius 3 is 2.38 bits per heavy atom. The molecule has 2 nitrogen and oxygen atoms in total. The van der Waals surface area contributed by atoms with Crippen molar-refractivity contribution in [1.82, 2.24) is 0 Å². The number of carbonyl (C=O) groups is 1. The molecule has 2 unspecified atom stereocenters. The smallest absolute Gasteiger partial charge is 0.302 e. The van der Waals surface area contributed by atoms with Crippen molar-refractivity contribution in [2.45, 2.75) is 125 Å². The van der Waals surface area contributed by atoms with E-state index in [1.165, 1.54) is 69.8 Å². The van der Waals surface area contributed by atoms with Crippen LogP contribution in [0.25, 0.3) is 0 Å². The summed E-state index contributed by atoms with van der Waals surface area (Å²) in [5.74, 6) is 4.43. The van der Waals surface area contributed by atoms with E-state index in [1.54, 1.807) is 6.92 Å². The van der Waals surface area contributed by atoms with E-state index >= 15 is 0 Å². The van der Waals surface area contributed by atoms with E-state index in [1.807, 2.05) is 0 Å². The number of hydrogen-bond donors (Lipinski definition) is 0. The fourth-order valence-electron chi connectivity index (χ4n) is 11.2. The molecule has 0 radical (unpaired) electrons. The summed E-state index contributed by atoms with van der Waals surface area (Å²) in [6.07, 6.45) is 15.1. The van der Waals surface area contributed by atoms with Crippen LogP contribution in [0.5, 0.6) is 0 Å². The van der Waals surface area contributed by atoms with Crippen LogP contribution in [0, 0.1) is 57.2 Å². The second kappa shape index (κ2) is 8.11. The van der Waals surface area contributed by atoms with Gasteiger partial charge in [-0.05, 0) is 128 Å². The summed E-state index contributed by atoms with van der Waals surface area (Å²) < 4.78 is 5.80. The van der Waals surface area contributed by atoms with Crippen molar-refractivity contribution in [3.05, 3.63) is 12.2 Å². The summed E-state index contributed by atoms with van der Waals surface area (Å²) in [7, 11) is 0. The lowest BCUT2D eigenvalue weighted by Crippen LogP contribution is -2.56. The number of allylic oxidation sites excluding steroid dienone is 1. The van der Waals surface area contributed by atoms with Crippen molar-refractivity contribution in [2.24, 2.45) is 57.2 Å². The molecular weight excluding hydrogens is 416 g/mol. The molecule has 0 amide bonds. The van der Waals surface area contributed by atoms with E-state index in [-0.39, 0.29) is 12.1 Å². The van der Waals surface area contributed by atoms with Crippen LogP contribution in [0.15, 0.2) is 12.2 Å². The average molecular weight is 469 g/mol. The SMILES string of the molecule is C=C(CC[C@@H](C)[C@H]1CC[C@@]2(C)C3CCC4[C@H](C)[C@@H](OC(C)=O)CC[C@@]45C[C@@]35CC[C@]12C)C(C)C. The Labute approximate surface area is 210 Å². The van der Waals surface area contributed by atoms with Gasteiger partial charge in [-0.1, -0.05) is 53.7 Å². The largest absolute Gasteiger partial charge is 0.462 e. The summed E-state index contributed by atoms with van der Waals surface area (Å²) >= 11 is 0. The maximum absolute atomic E-state index is 11.7. The van der Waals surface area contributed by atoms with Crippen LogP contribution in [0.2, 0.25) is 0 Å². The minimum Gasteiger partial charge on any atom is -0.462 e. The topological polar surface area (TPSA) is 26.3 Å². The predicted molar refractivity (Wildman–Crippen MR) is 140 cm³/mol. The Balaban J connectivity index is 1.35. The van der Waals surface area contributed by atoms with Crippen LogP contribution in [-0.4, -0.2) is 12.1 Å². The van der Waals surface area contributed by atoms with Gasteiger partial charge in [-0.2, -0.15) is 0 Å². The molecule has 5 saturated carbocycles. The number of esters is 1. The van der Waals surface area contributed by atoms with Gasteiger partial charge < -0.3 is 4.74 Å². The standard InChI is InChI=1S/C32H52O2/c1-20(2)21(3)9-10-22(4)25-13-15-30(8)28-12-11-26-23(5)27(34-24(6)33)14-16-31(26)19-32(28,31)18-17-29(25,30)7/h20,22-23,25-28H,3,9-19H2,1-2,4-8H3/t22-,23+,25-,26?,27+,28?,29-,30+,31-,32+/m1/s1.